The van der Waals surface area contributed by atoms with Gasteiger partial charge in [0.1, 0.15) is 0 Å². The molecular formula is C18H21NO2S2. The van der Waals surface area contributed by atoms with Crippen molar-refractivity contribution in [3.8, 4) is 0 Å². The van der Waals surface area contributed by atoms with Gasteiger partial charge in [0.25, 0.3) is 0 Å². The second-order valence-corrected chi connectivity index (χ2v) is 8.15. The Bertz CT molecular complexity index is 654. The molecular weight excluding hydrogens is 326 g/mol. The van der Waals surface area contributed by atoms with Gasteiger partial charge < -0.3 is 5.32 Å². The Morgan fingerprint density at radius 2 is 1.96 bits per heavy atom. The number of hydrogen-bond donors (Lipinski definition) is 1. The van der Waals surface area contributed by atoms with Crippen LogP contribution in [0.15, 0.2) is 29.6 Å². The molecule has 1 fully saturated rings. The lowest BCUT2D eigenvalue weighted by Gasteiger charge is -2.08. The van der Waals surface area contributed by atoms with Crippen molar-refractivity contribution >= 4 is 34.4 Å². The first-order valence-electron chi connectivity index (χ1n) is 8.16. The Morgan fingerprint density at radius 1 is 1.13 bits per heavy atom. The van der Waals surface area contributed by atoms with Crippen molar-refractivity contribution in [1.29, 1.82) is 0 Å². The Labute approximate surface area is 144 Å². The highest BCUT2D eigenvalue weighted by atomic mass is 32.1. The van der Waals surface area contributed by atoms with Crippen LogP contribution in [0.1, 0.15) is 58.0 Å². The number of hydrogen-bond acceptors (Lipinski definition) is 4. The van der Waals surface area contributed by atoms with Crippen LogP contribution in [0.2, 0.25) is 0 Å². The van der Waals surface area contributed by atoms with E-state index in [0.717, 1.165) is 27.0 Å². The third kappa shape index (κ3) is 4.52. The lowest BCUT2D eigenvalue weighted by atomic mass is 10.0. The molecule has 3 nitrogen and oxygen atoms in total. The van der Waals surface area contributed by atoms with Gasteiger partial charge in [-0.15, -0.1) is 22.7 Å². The third-order valence-electron chi connectivity index (χ3n) is 4.34. The van der Waals surface area contributed by atoms with Crippen molar-refractivity contribution < 1.29 is 9.59 Å². The summed E-state index contributed by atoms with van der Waals surface area (Å²) in [7, 11) is 0. The standard InChI is InChI=1S/C18H21NO2S2/c20-17(10-7-13-4-1-2-5-13)19-12-14-8-9-16(23-14)18(21)15-6-3-11-22-15/h3,6,8-9,11,13H,1-2,4-5,7,10,12H2,(H,19,20). The number of ketones is 1. The topological polar surface area (TPSA) is 46.2 Å². The quantitative estimate of drug-likeness (QED) is 0.742. The Kier molecular flexibility index (Phi) is 5.62. The van der Waals surface area contributed by atoms with Crippen LogP contribution in [0, 0.1) is 5.92 Å². The summed E-state index contributed by atoms with van der Waals surface area (Å²) in [5.74, 6) is 0.942. The van der Waals surface area contributed by atoms with Crippen LogP contribution < -0.4 is 5.32 Å². The second kappa shape index (κ2) is 7.88. The molecule has 2 aromatic rings. The maximum absolute atomic E-state index is 12.2. The van der Waals surface area contributed by atoms with Crippen molar-refractivity contribution in [3.05, 3.63) is 44.3 Å². The lowest BCUT2D eigenvalue weighted by Crippen LogP contribution is -2.22. The number of thiophene rings is 2. The summed E-state index contributed by atoms with van der Waals surface area (Å²) in [4.78, 5) is 26.7. The summed E-state index contributed by atoms with van der Waals surface area (Å²) >= 11 is 2.93. The van der Waals surface area contributed by atoms with E-state index in [1.54, 1.807) is 0 Å². The van der Waals surface area contributed by atoms with Gasteiger partial charge in [-0.3, -0.25) is 9.59 Å². The highest BCUT2D eigenvalue weighted by molar-refractivity contribution is 7.16. The molecule has 0 saturated heterocycles. The van der Waals surface area contributed by atoms with Gasteiger partial charge in [0.2, 0.25) is 11.7 Å². The molecule has 0 atom stereocenters. The third-order valence-corrected chi connectivity index (χ3v) is 6.30. The highest BCUT2D eigenvalue weighted by Gasteiger charge is 2.16. The molecule has 0 radical (unpaired) electrons. The molecule has 122 valence electrons. The molecule has 0 unspecified atom stereocenters. The molecule has 2 aromatic heterocycles. The molecule has 0 aliphatic heterocycles. The number of rotatable bonds is 7. The summed E-state index contributed by atoms with van der Waals surface area (Å²) in [5, 5.41) is 4.88. The molecule has 0 aromatic carbocycles. The molecule has 0 spiro atoms. The van der Waals surface area contributed by atoms with Gasteiger partial charge in [-0.25, -0.2) is 0 Å². The van der Waals surface area contributed by atoms with Crippen LogP contribution in [0.4, 0.5) is 0 Å². The van der Waals surface area contributed by atoms with E-state index in [2.05, 4.69) is 5.32 Å². The molecule has 1 N–H and O–H groups in total. The minimum Gasteiger partial charge on any atom is -0.351 e. The smallest absolute Gasteiger partial charge is 0.220 e. The van der Waals surface area contributed by atoms with Gasteiger partial charge in [-0.2, -0.15) is 0 Å². The number of amides is 1. The average molecular weight is 348 g/mol. The van der Waals surface area contributed by atoms with Crippen LogP contribution in [-0.4, -0.2) is 11.7 Å². The Hall–Kier alpha value is -1.46. The van der Waals surface area contributed by atoms with Crippen LogP contribution in [0.5, 0.6) is 0 Å². The first-order chi connectivity index (χ1) is 11.2. The summed E-state index contributed by atoms with van der Waals surface area (Å²) in [6, 6.07) is 7.52. The van der Waals surface area contributed by atoms with E-state index in [1.807, 2.05) is 29.6 Å². The van der Waals surface area contributed by atoms with Crippen LogP contribution in [0.3, 0.4) is 0 Å². The summed E-state index contributed by atoms with van der Waals surface area (Å²) in [5.41, 5.74) is 0. The van der Waals surface area contributed by atoms with Crippen molar-refractivity contribution in [3.63, 3.8) is 0 Å². The van der Waals surface area contributed by atoms with E-state index >= 15 is 0 Å². The van der Waals surface area contributed by atoms with Gasteiger partial charge in [0.15, 0.2) is 0 Å². The van der Waals surface area contributed by atoms with Crippen molar-refractivity contribution in [2.24, 2.45) is 5.92 Å². The molecule has 2 heterocycles. The van der Waals surface area contributed by atoms with E-state index in [4.69, 9.17) is 0 Å². The Morgan fingerprint density at radius 3 is 2.70 bits per heavy atom. The van der Waals surface area contributed by atoms with E-state index in [-0.39, 0.29) is 11.7 Å². The monoisotopic (exact) mass is 347 g/mol. The zero-order chi connectivity index (χ0) is 16.1. The van der Waals surface area contributed by atoms with Gasteiger partial charge in [-0.05, 0) is 35.9 Å². The zero-order valence-corrected chi connectivity index (χ0v) is 14.7. The predicted molar refractivity (Wildman–Crippen MR) is 95.1 cm³/mol. The molecule has 3 rings (SSSR count). The number of nitrogens with one attached hydrogen (secondary N) is 1. The maximum atomic E-state index is 12.2. The highest BCUT2D eigenvalue weighted by Crippen LogP contribution is 2.28. The predicted octanol–water partition coefficient (Wildman–Crippen LogP) is 4.63. The largest absolute Gasteiger partial charge is 0.351 e. The molecule has 1 aliphatic carbocycles. The van der Waals surface area contributed by atoms with Gasteiger partial charge in [0.05, 0.1) is 16.3 Å². The summed E-state index contributed by atoms with van der Waals surface area (Å²) in [6.07, 6.45) is 6.85. The second-order valence-electron chi connectivity index (χ2n) is 6.04. The first-order valence-corrected chi connectivity index (χ1v) is 9.85. The maximum Gasteiger partial charge on any atom is 0.220 e. The minimum absolute atomic E-state index is 0.0730. The molecule has 23 heavy (non-hydrogen) atoms. The van der Waals surface area contributed by atoms with Gasteiger partial charge in [-0.1, -0.05) is 31.7 Å². The van der Waals surface area contributed by atoms with E-state index in [9.17, 15) is 9.59 Å². The van der Waals surface area contributed by atoms with Crippen LogP contribution in [0.25, 0.3) is 0 Å². The fourth-order valence-corrected chi connectivity index (χ4v) is 4.68. The number of carbonyl (C=O) groups is 2. The summed E-state index contributed by atoms with van der Waals surface area (Å²) in [6.45, 7) is 0.520. The molecule has 5 heteroatoms. The van der Waals surface area contributed by atoms with Crippen LogP contribution in [-0.2, 0) is 11.3 Å². The van der Waals surface area contributed by atoms with Crippen molar-refractivity contribution in [2.75, 3.05) is 0 Å². The van der Waals surface area contributed by atoms with Crippen molar-refractivity contribution in [2.45, 2.75) is 45.1 Å². The van der Waals surface area contributed by atoms with Gasteiger partial charge >= 0.3 is 0 Å². The molecule has 1 amide bonds. The van der Waals surface area contributed by atoms with Gasteiger partial charge in [0, 0.05) is 11.3 Å². The zero-order valence-electron chi connectivity index (χ0n) is 13.0. The normalized spacial score (nSPS) is 15.0. The van der Waals surface area contributed by atoms with Crippen LogP contribution >= 0.6 is 22.7 Å². The first kappa shape index (κ1) is 16.4. The number of carbonyl (C=O) groups excluding carboxylic acids is 2. The lowest BCUT2D eigenvalue weighted by molar-refractivity contribution is -0.121. The van der Waals surface area contributed by atoms with E-state index < -0.39 is 0 Å². The average Bonchev–Trinajstić information content (AvgIpc) is 3.33. The Balaban J connectivity index is 1.45. The SMILES string of the molecule is O=C(CCC1CCCC1)NCc1ccc(C(=O)c2cccs2)s1. The summed E-state index contributed by atoms with van der Waals surface area (Å²) < 4.78 is 0. The van der Waals surface area contributed by atoms with Crippen molar-refractivity contribution in [1.82, 2.24) is 5.32 Å². The fraction of sp³-hybridized carbons (Fsp3) is 0.444. The van der Waals surface area contributed by atoms with E-state index in [1.165, 1.54) is 48.4 Å². The molecule has 1 saturated carbocycles. The fourth-order valence-electron chi connectivity index (χ4n) is 3.03. The van der Waals surface area contributed by atoms with E-state index in [0.29, 0.717) is 13.0 Å². The molecule has 1 aliphatic rings. The molecule has 0 bridgehead atoms. The minimum atomic E-state index is 0.0730.